The van der Waals surface area contributed by atoms with Gasteiger partial charge in [0.15, 0.2) is 0 Å². The first-order chi connectivity index (χ1) is 14.9. The van der Waals surface area contributed by atoms with Crippen molar-refractivity contribution in [3.63, 3.8) is 0 Å². The van der Waals surface area contributed by atoms with Crippen molar-refractivity contribution in [2.45, 2.75) is 13.8 Å². The highest BCUT2D eigenvalue weighted by Gasteiger charge is 2.40. The van der Waals surface area contributed by atoms with E-state index in [1.165, 1.54) is 0 Å². The largest absolute Gasteiger partial charge is 0.350 e. The van der Waals surface area contributed by atoms with Gasteiger partial charge in [-0.3, -0.25) is 9.59 Å². The highest BCUT2D eigenvalue weighted by Crippen LogP contribution is 2.34. The van der Waals surface area contributed by atoms with E-state index in [1.54, 1.807) is 48.5 Å². The molecule has 0 aromatic heterocycles. The van der Waals surface area contributed by atoms with Crippen LogP contribution in [0.15, 0.2) is 72.4 Å². The van der Waals surface area contributed by atoms with Crippen LogP contribution in [0.2, 0.25) is 5.02 Å². The van der Waals surface area contributed by atoms with Crippen LogP contribution in [0.4, 0.5) is 11.4 Å². The molecule has 3 aromatic carbocycles. The Bertz CT molecular complexity index is 1270. The van der Waals surface area contributed by atoms with Crippen molar-refractivity contribution >= 4 is 40.4 Å². The Balaban J connectivity index is 1.82. The number of imide groups is 1. The van der Waals surface area contributed by atoms with Gasteiger partial charge in [0.25, 0.3) is 11.8 Å². The zero-order valence-corrected chi connectivity index (χ0v) is 17.7. The number of amides is 2. The van der Waals surface area contributed by atoms with Crippen molar-refractivity contribution in [3.05, 3.63) is 99.7 Å². The molecule has 0 unspecified atom stereocenters. The van der Waals surface area contributed by atoms with E-state index in [0.29, 0.717) is 21.8 Å². The van der Waals surface area contributed by atoms with Crippen molar-refractivity contribution in [1.82, 2.24) is 0 Å². The fourth-order valence-electron chi connectivity index (χ4n) is 3.54. The average Bonchev–Trinajstić information content (AvgIpc) is 3.00. The molecule has 3 aromatic rings. The molecular formula is C25H18ClN3O2. The van der Waals surface area contributed by atoms with E-state index in [-0.39, 0.29) is 11.3 Å². The van der Waals surface area contributed by atoms with Crippen LogP contribution in [0.5, 0.6) is 0 Å². The molecule has 0 radical (unpaired) electrons. The van der Waals surface area contributed by atoms with Gasteiger partial charge in [0.05, 0.1) is 22.9 Å². The Morgan fingerprint density at radius 3 is 2.19 bits per heavy atom. The molecule has 1 aliphatic heterocycles. The van der Waals surface area contributed by atoms with E-state index in [2.05, 4.69) is 5.32 Å². The fourth-order valence-corrected chi connectivity index (χ4v) is 3.66. The number of nitrogens with one attached hydrogen (secondary N) is 1. The maximum absolute atomic E-state index is 13.4. The molecule has 1 heterocycles. The predicted molar refractivity (Wildman–Crippen MR) is 122 cm³/mol. The molecule has 0 saturated carbocycles. The van der Waals surface area contributed by atoms with Crippen molar-refractivity contribution < 1.29 is 9.59 Å². The topological polar surface area (TPSA) is 73.2 Å². The molecule has 31 heavy (non-hydrogen) atoms. The number of halogens is 1. The zero-order chi connectivity index (χ0) is 22.1. The monoisotopic (exact) mass is 427 g/mol. The van der Waals surface area contributed by atoms with Gasteiger partial charge in [0.1, 0.15) is 5.70 Å². The summed E-state index contributed by atoms with van der Waals surface area (Å²) < 4.78 is 0. The molecule has 5 nitrogen and oxygen atoms in total. The number of carbonyl (C=O) groups excluding carboxylic acids is 2. The van der Waals surface area contributed by atoms with Crippen LogP contribution in [0.25, 0.3) is 5.57 Å². The number of nitrogens with zero attached hydrogens (tertiary/aromatic N) is 2. The number of carbonyl (C=O) groups is 2. The van der Waals surface area contributed by atoms with Crippen LogP contribution in [-0.2, 0) is 9.59 Å². The molecule has 0 atom stereocenters. The molecule has 0 bridgehead atoms. The smallest absolute Gasteiger partial charge is 0.282 e. The van der Waals surface area contributed by atoms with E-state index in [0.717, 1.165) is 21.7 Å². The molecule has 4 rings (SSSR count). The Morgan fingerprint density at radius 1 is 0.903 bits per heavy atom. The van der Waals surface area contributed by atoms with Crippen LogP contribution in [-0.4, -0.2) is 11.8 Å². The third-order valence-corrected chi connectivity index (χ3v) is 5.36. The first-order valence-electron chi connectivity index (χ1n) is 9.62. The fraction of sp³-hybridized carbons (Fsp3) is 0.0800. The summed E-state index contributed by atoms with van der Waals surface area (Å²) in [5, 5.41) is 12.8. The van der Waals surface area contributed by atoms with Crippen LogP contribution in [0.3, 0.4) is 0 Å². The van der Waals surface area contributed by atoms with Gasteiger partial charge in [-0.15, -0.1) is 0 Å². The first kappa shape index (κ1) is 20.4. The number of hydrogen-bond donors (Lipinski definition) is 1. The number of aryl methyl sites for hydroxylation is 2. The second kappa shape index (κ2) is 8.10. The molecule has 1 N–H and O–H groups in total. The molecule has 2 amide bonds. The highest BCUT2D eigenvalue weighted by atomic mass is 35.5. The SMILES string of the molecule is Cc1ccc(NC2=C(c3ccc(Cl)cc3)C(=O)N(c3ccc(C#N)cc3)C2=O)c(C)c1. The lowest BCUT2D eigenvalue weighted by Crippen LogP contribution is -2.32. The maximum Gasteiger partial charge on any atom is 0.282 e. The number of hydrogen-bond acceptors (Lipinski definition) is 4. The van der Waals surface area contributed by atoms with Crippen LogP contribution in [0, 0.1) is 25.2 Å². The summed E-state index contributed by atoms with van der Waals surface area (Å²) in [6.07, 6.45) is 0. The lowest BCUT2D eigenvalue weighted by atomic mass is 10.0. The van der Waals surface area contributed by atoms with Crippen molar-refractivity contribution in [2.75, 3.05) is 10.2 Å². The average molecular weight is 428 g/mol. The third kappa shape index (κ3) is 3.81. The van der Waals surface area contributed by atoms with Crippen molar-refractivity contribution in [3.8, 4) is 6.07 Å². The zero-order valence-electron chi connectivity index (χ0n) is 16.9. The summed E-state index contributed by atoms with van der Waals surface area (Å²) in [4.78, 5) is 27.9. The van der Waals surface area contributed by atoms with E-state index in [1.807, 2.05) is 38.1 Å². The van der Waals surface area contributed by atoms with Gasteiger partial charge in [-0.25, -0.2) is 4.90 Å². The summed E-state index contributed by atoms with van der Waals surface area (Å²) >= 11 is 6.02. The van der Waals surface area contributed by atoms with E-state index in [9.17, 15) is 9.59 Å². The van der Waals surface area contributed by atoms with Crippen molar-refractivity contribution in [1.29, 1.82) is 5.26 Å². The van der Waals surface area contributed by atoms with Gasteiger partial charge in [0.2, 0.25) is 0 Å². The molecule has 152 valence electrons. The summed E-state index contributed by atoms with van der Waals surface area (Å²) in [5.41, 5.74) is 4.71. The minimum absolute atomic E-state index is 0.198. The van der Waals surface area contributed by atoms with Crippen molar-refractivity contribution in [2.24, 2.45) is 0 Å². The minimum Gasteiger partial charge on any atom is -0.350 e. The second-order valence-electron chi connectivity index (χ2n) is 7.30. The van der Waals surface area contributed by atoms with Gasteiger partial charge >= 0.3 is 0 Å². The molecule has 0 fully saturated rings. The predicted octanol–water partition coefficient (Wildman–Crippen LogP) is 5.23. The highest BCUT2D eigenvalue weighted by molar-refractivity contribution is 6.46. The molecule has 0 spiro atoms. The van der Waals surface area contributed by atoms with Gasteiger partial charge < -0.3 is 5.32 Å². The van der Waals surface area contributed by atoms with Gasteiger partial charge in [-0.2, -0.15) is 5.26 Å². The lowest BCUT2D eigenvalue weighted by Gasteiger charge is -2.16. The Labute approximate surface area is 185 Å². The standard InChI is InChI=1S/C25H18ClN3O2/c1-15-3-12-21(16(2)13-15)28-23-22(18-6-8-19(26)9-7-18)24(30)29(25(23)31)20-10-4-17(14-27)5-11-20/h3-13,28H,1-2H3. The lowest BCUT2D eigenvalue weighted by molar-refractivity contribution is -0.120. The number of benzene rings is 3. The summed E-state index contributed by atoms with van der Waals surface area (Å²) in [5.74, 6) is -0.899. The van der Waals surface area contributed by atoms with E-state index in [4.69, 9.17) is 16.9 Å². The molecular weight excluding hydrogens is 410 g/mol. The molecule has 0 saturated heterocycles. The van der Waals surface area contributed by atoms with Crippen LogP contribution < -0.4 is 10.2 Å². The van der Waals surface area contributed by atoms with Crippen LogP contribution >= 0.6 is 11.6 Å². The normalized spacial score (nSPS) is 13.5. The number of anilines is 2. The van der Waals surface area contributed by atoms with Gasteiger partial charge in [-0.1, -0.05) is 41.4 Å². The third-order valence-electron chi connectivity index (χ3n) is 5.11. The second-order valence-corrected chi connectivity index (χ2v) is 7.74. The van der Waals surface area contributed by atoms with Gasteiger partial charge in [0, 0.05) is 10.7 Å². The quantitative estimate of drug-likeness (QED) is 0.579. The molecule has 6 heteroatoms. The Hall–Kier alpha value is -3.88. The Morgan fingerprint density at radius 2 is 1.58 bits per heavy atom. The number of rotatable bonds is 4. The Kier molecular flexibility index (Phi) is 5.33. The van der Waals surface area contributed by atoms with Gasteiger partial charge in [-0.05, 0) is 67.4 Å². The van der Waals surface area contributed by atoms with Crippen LogP contribution in [0.1, 0.15) is 22.3 Å². The number of nitriles is 1. The summed E-state index contributed by atoms with van der Waals surface area (Å²) in [6, 6.07) is 21.0. The first-order valence-corrected chi connectivity index (χ1v) is 10.0. The summed E-state index contributed by atoms with van der Waals surface area (Å²) in [6.45, 7) is 3.93. The minimum atomic E-state index is -0.459. The van der Waals surface area contributed by atoms with E-state index >= 15 is 0 Å². The maximum atomic E-state index is 13.4. The summed E-state index contributed by atoms with van der Waals surface area (Å²) in [7, 11) is 0. The van der Waals surface area contributed by atoms with E-state index < -0.39 is 11.8 Å². The molecule has 1 aliphatic rings. The molecule has 0 aliphatic carbocycles.